The number of carbonyl (C=O) groups is 1. The minimum atomic E-state index is -0.233. The molecule has 1 heterocycles. The molecule has 0 spiro atoms. The summed E-state index contributed by atoms with van der Waals surface area (Å²) in [5.74, 6) is 0.241. The highest BCUT2D eigenvalue weighted by Gasteiger charge is 2.23. The number of rotatable bonds is 7. The molecule has 1 saturated carbocycles. The highest BCUT2D eigenvalue weighted by atomic mass is 16.5. The zero-order chi connectivity index (χ0) is 15.2. The van der Waals surface area contributed by atoms with E-state index in [-0.39, 0.29) is 23.8 Å². The largest absolute Gasteiger partial charge is 0.383 e. The first-order chi connectivity index (χ1) is 10.1. The number of likely N-dealkylation sites (N-methyl/N-ethyl adjacent to an activating group) is 1. The Balaban J connectivity index is 2.01. The fourth-order valence-corrected chi connectivity index (χ4v) is 2.63. The number of aromatic nitrogens is 2. The molecule has 21 heavy (non-hydrogen) atoms. The third kappa shape index (κ3) is 4.14. The number of hydrogen-bond donors (Lipinski definition) is 0. The second-order valence-corrected chi connectivity index (χ2v) is 5.57. The minimum absolute atomic E-state index is 0.0889. The average Bonchev–Trinajstić information content (AvgIpc) is 3.01. The summed E-state index contributed by atoms with van der Waals surface area (Å²) in [6.45, 7) is 1.36. The normalized spacial score (nSPS) is 15.3. The van der Waals surface area contributed by atoms with E-state index < -0.39 is 0 Å². The van der Waals surface area contributed by atoms with E-state index in [0.29, 0.717) is 13.2 Å². The Labute approximate surface area is 124 Å². The van der Waals surface area contributed by atoms with Gasteiger partial charge in [0.2, 0.25) is 0 Å². The Hall–Kier alpha value is -1.69. The minimum Gasteiger partial charge on any atom is -0.383 e. The lowest BCUT2D eigenvalue weighted by Crippen LogP contribution is -2.30. The molecule has 1 aromatic rings. The van der Waals surface area contributed by atoms with E-state index in [9.17, 15) is 9.59 Å². The van der Waals surface area contributed by atoms with Crippen molar-refractivity contribution in [1.82, 2.24) is 9.78 Å². The molecule has 0 unspecified atom stereocenters. The number of hydrogen-bond acceptors (Lipinski definition) is 5. The summed E-state index contributed by atoms with van der Waals surface area (Å²) in [4.78, 5) is 26.1. The van der Waals surface area contributed by atoms with E-state index in [1.165, 1.54) is 10.7 Å². The van der Waals surface area contributed by atoms with Crippen LogP contribution in [0.4, 0.5) is 5.69 Å². The van der Waals surface area contributed by atoms with Gasteiger partial charge in [-0.15, -0.1) is 0 Å². The molecule has 0 radical (unpaired) electrons. The van der Waals surface area contributed by atoms with Crippen molar-refractivity contribution in [3.05, 3.63) is 22.6 Å². The maximum Gasteiger partial charge on any atom is 0.269 e. The Morgan fingerprint density at radius 1 is 1.48 bits per heavy atom. The van der Waals surface area contributed by atoms with E-state index in [1.54, 1.807) is 13.3 Å². The first-order valence-electron chi connectivity index (χ1n) is 7.42. The molecule has 0 aliphatic heterocycles. The van der Waals surface area contributed by atoms with Gasteiger partial charge in [-0.25, -0.2) is 4.68 Å². The van der Waals surface area contributed by atoms with Crippen LogP contribution in [0.5, 0.6) is 0 Å². The fraction of sp³-hybridized carbons (Fsp3) is 0.667. The molecule has 6 heteroatoms. The van der Waals surface area contributed by atoms with Gasteiger partial charge in [0.05, 0.1) is 18.5 Å². The number of carbonyl (C=O) groups excluding carboxylic acids is 1. The van der Waals surface area contributed by atoms with Gasteiger partial charge >= 0.3 is 0 Å². The Bertz CT molecular complexity index is 535. The van der Waals surface area contributed by atoms with Crippen LogP contribution in [0.1, 0.15) is 25.7 Å². The van der Waals surface area contributed by atoms with Crippen LogP contribution < -0.4 is 10.5 Å². The number of nitrogens with zero attached hydrogens (tertiary/aromatic N) is 3. The number of ketones is 1. The highest BCUT2D eigenvalue weighted by Crippen LogP contribution is 2.25. The molecular formula is C15H23N3O3. The summed E-state index contributed by atoms with van der Waals surface area (Å²) >= 11 is 0. The number of Topliss-reactive ketones (excluding diaryl/α,β-unsaturated/α-hetero) is 1. The summed E-state index contributed by atoms with van der Waals surface area (Å²) in [6, 6.07) is 1.52. The molecule has 1 fully saturated rings. The van der Waals surface area contributed by atoms with E-state index >= 15 is 0 Å². The maximum absolute atomic E-state index is 12.1. The summed E-state index contributed by atoms with van der Waals surface area (Å²) < 4.78 is 6.27. The van der Waals surface area contributed by atoms with Gasteiger partial charge in [-0.2, -0.15) is 5.10 Å². The van der Waals surface area contributed by atoms with Crippen molar-refractivity contribution in [2.45, 2.75) is 32.2 Å². The first-order valence-corrected chi connectivity index (χ1v) is 7.42. The molecule has 1 aliphatic rings. The monoisotopic (exact) mass is 293 g/mol. The third-order valence-corrected chi connectivity index (χ3v) is 4.04. The summed E-state index contributed by atoms with van der Waals surface area (Å²) in [5, 5.41) is 4.12. The zero-order valence-corrected chi connectivity index (χ0v) is 12.7. The molecule has 0 aromatic carbocycles. The predicted octanol–water partition coefficient (Wildman–Crippen LogP) is 1.09. The smallest absolute Gasteiger partial charge is 0.269 e. The Kier molecular flexibility index (Phi) is 5.50. The molecular weight excluding hydrogens is 270 g/mol. The predicted molar refractivity (Wildman–Crippen MR) is 80.6 cm³/mol. The van der Waals surface area contributed by atoms with E-state index in [0.717, 1.165) is 31.4 Å². The van der Waals surface area contributed by atoms with Crippen LogP contribution in [-0.4, -0.2) is 42.9 Å². The lowest BCUT2D eigenvalue weighted by Gasteiger charge is -2.18. The molecule has 1 aliphatic carbocycles. The number of ether oxygens (including phenoxy) is 1. The molecule has 0 saturated heterocycles. The molecule has 0 N–H and O–H groups in total. The van der Waals surface area contributed by atoms with Crippen LogP contribution in [0.3, 0.4) is 0 Å². The third-order valence-electron chi connectivity index (χ3n) is 4.04. The van der Waals surface area contributed by atoms with Crippen molar-refractivity contribution in [2.75, 3.05) is 32.2 Å². The Morgan fingerprint density at radius 2 is 2.19 bits per heavy atom. The highest BCUT2D eigenvalue weighted by molar-refractivity contribution is 5.80. The molecule has 116 valence electrons. The van der Waals surface area contributed by atoms with Gasteiger partial charge in [0.1, 0.15) is 6.54 Å². The quantitative estimate of drug-likeness (QED) is 0.753. The van der Waals surface area contributed by atoms with Crippen LogP contribution in [0.25, 0.3) is 0 Å². The van der Waals surface area contributed by atoms with Gasteiger partial charge in [-0.3, -0.25) is 9.59 Å². The van der Waals surface area contributed by atoms with Crippen molar-refractivity contribution in [3.63, 3.8) is 0 Å². The van der Waals surface area contributed by atoms with Crippen molar-refractivity contribution in [3.8, 4) is 0 Å². The van der Waals surface area contributed by atoms with E-state index in [4.69, 9.17) is 4.74 Å². The van der Waals surface area contributed by atoms with Crippen molar-refractivity contribution in [2.24, 2.45) is 5.92 Å². The zero-order valence-electron chi connectivity index (χ0n) is 12.7. The molecule has 0 bridgehead atoms. The van der Waals surface area contributed by atoms with Gasteiger partial charge in [-0.1, -0.05) is 12.8 Å². The van der Waals surface area contributed by atoms with Gasteiger partial charge in [0.15, 0.2) is 5.78 Å². The molecule has 1 aromatic heterocycles. The lowest BCUT2D eigenvalue weighted by atomic mass is 10.0. The summed E-state index contributed by atoms with van der Waals surface area (Å²) in [5.41, 5.74) is 0.504. The lowest BCUT2D eigenvalue weighted by molar-refractivity contribution is -0.123. The van der Waals surface area contributed by atoms with E-state index in [2.05, 4.69) is 5.10 Å². The fourth-order valence-electron chi connectivity index (χ4n) is 2.63. The van der Waals surface area contributed by atoms with Crippen molar-refractivity contribution in [1.29, 1.82) is 0 Å². The van der Waals surface area contributed by atoms with Crippen LogP contribution in [-0.2, 0) is 16.1 Å². The topological polar surface area (TPSA) is 64.4 Å². The van der Waals surface area contributed by atoms with Crippen LogP contribution >= 0.6 is 0 Å². The van der Waals surface area contributed by atoms with Crippen molar-refractivity contribution >= 4 is 11.5 Å². The number of anilines is 1. The van der Waals surface area contributed by atoms with Crippen molar-refractivity contribution < 1.29 is 9.53 Å². The molecule has 0 amide bonds. The molecule has 2 rings (SSSR count). The van der Waals surface area contributed by atoms with Crippen LogP contribution in [0, 0.1) is 5.92 Å². The van der Waals surface area contributed by atoms with Crippen LogP contribution in [0.15, 0.2) is 17.1 Å². The first kappa shape index (κ1) is 15.7. The standard InChI is InChI=1S/C15H23N3O3/c1-17(7-8-21-2)13-9-15(20)18(16-10-13)11-14(19)12-5-3-4-6-12/h9-10,12H,3-8,11H2,1-2H3. The van der Waals surface area contributed by atoms with Gasteiger partial charge < -0.3 is 9.64 Å². The molecule has 6 nitrogen and oxygen atoms in total. The molecule has 0 atom stereocenters. The van der Waals surface area contributed by atoms with Gasteiger partial charge in [0.25, 0.3) is 5.56 Å². The van der Waals surface area contributed by atoms with Gasteiger partial charge in [-0.05, 0) is 12.8 Å². The summed E-state index contributed by atoms with van der Waals surface area (Å²) in [7, 11) is 3.52. The second kappa shape index (κ2) is 7.36. The summed E-state index contributed by atoms with van der Waals surface area (Å²) in [6.07, 6.45) is 5.75. The van der Waals surface area contributed by atoms with Crippen LogP contribution in [0.2, 0.25) is 0 Å². The average molecular weight is 293 g/mol. The van der Waals surface area contributed by atoms with E-state index in [1.807, 2.05) is 11.9 Å². The Morgan fingerprint density at radius 3 is 2.81 bits per heavy atom. The SMILES string of the molecule is COCCN(C)c1cnn(CC(=O)C2CCCC2)c(=O)c1. The number of methoxy groups -OCH3 is 1. The maximum atomic E-state index is 12.1. The second-order valence-electron chi connectivity index (χ2n) is 5.57. The van der Waals surface area contributed by atoms with Gasteiger partial charge in [0, 0.05) is 32.7 Å².